The Kier molecular flexibility index (Phi) is 5.39. The predicted molar refractivity (Wildman–Crippen MR) is 86.8 cm³/mol. The van der Waals surface area contributed by atoms with Gasteiger partial charge in [0.25, 0.3) is 0 Å². The van der Waals surface area contributed by atoms with Crippen LogP contribution in [0.1, 0.15) is 31.2 Å². The van der Waals surface area contributed by atoms with Gasteiger partial charge in [0.2, 0.25) is 5.91 Å². The number of nitrogens with zero attached hydrogens (tertiary/aromatic N) is 1. The average Bonchev–Trinajstić information content (AvgIpc) is 2.61. The van der Waals surface area contributed by atoms with Crippen LogP contribution in [0, 0.1) is 5.92 Å². The number of aliphatic hydroxyl groups excluding tert-OH is 1. The molecular weight excluding hydrogens is 294 g/mol. The Morgan fingerprint density at radius 1 is 1.26 bits per heavy atom. The molecular formula is C18H25NO4. The van der Waals surface area contributed by atoms with Crippen molar-refractivity contribution in [1.29, 1.82) is 0 Å². The quantitative estimate of drug-likeness (QED) is 0.902. The lowest BCUT2D eigenvalue weighted by Crippen LogP contribution is -2.40. The lowest BCUT2D eigenvalue weighted by Gasteiger charge is -2.32. The van der Waals surface area contributed by atoms with Gasteiger partial charge in [0.15, 0.2) is 11.5 Å². The van der Waals surface area contributed by atoms with Gasteiger partial charge in [-0.05, 0) is 49.3 Å². The van der Waals surface area contributed by atoms with E-state index in [4.69, 9.17) is 9.47 Å². The normalized spacial score (nSPS) is 20.4. The lowest BCUT2D eigenvalue weighted by molar-refractivity contribution is -0.133. The van der Waals surface area contributed by atoms with E-state index in [0.717, 1.165) is 43.7 Å². The Bertz CT molecular complexity index is 546. The molecule has 0 saturated carbocycles. The highest BCUT2D eigenvalue weighted by Crippen LogP contribution is 2.31. The van der Waals surface area contributed by atoms with Crippen molar-refractivity contribution in [3.8, 4) is 11.5 Å². The van der Waals surface area contributed by atoms with Crippen molar-refractivity contribution in [3.63, 3.8) is 0 Å². The molecule has 2 heterocycles. The maximum atomic E-state index is 12.3. The van der Waals surface area contributed by atoms with Crippen molar-refractivity contribution in [2.45, 2.75) is 32.1 Å². The van der Waals surface area contributed by atoms with Crippen molar-refractivity contribution in [2.75, 3.05) is 32.9 Å². The van der Waals surface area contributed by atoms with Gasteiger partial charge in [-0.25, -0.2) is 0 Å². The topological polar surface area (TPSA) is 59.0 Å². The zero-order valence-corrected chi connectivity index (χ0v) is 13.5. The summed E-state index contributed by atoms with van der Waals surface area (Å²) in [5, 5.41) is 9.25. The highest BCUT2D eigenvalue weighted by atomic mass is 16.6. The van der Waals surface area contributed by atoms with Crippen molar-refractivity contribution in [1.82, 2.24) is 4.90 Å². The molecule has 23 heavy (non-hydrogen) atoms. The first-order chi connectivity index (χ1) is 11.3. The largest absolute Gasteiger partial charge is 0.486 e. The molecule has 1 aromatic carbocycles. The second kappa shape index (κ2) is 7.68. The fourth-order valence-corrected chi connectivity index (χ4v) is 3.29. The minimum atomic E-state index is 0.182. The third-order valence-corrected chi connectivity index (χ3v) is 4.59. The smallest absolute Gasteiger partial charge is 0.222 e. The van der Waals surface area contributed by atoms with Gasteiger partial charge < -0.3 is 19.5 Å². The minimum absolute atomic E-state index is 0.182. The third kappa shape index (κ3) is 4.16. The fraction of sp³-hybridized carbons (Fsp3) is 0.611. The van der Waals surface area contributed by atoms with Crippen molar-refractivity contribution < 1.29 is 19.4 Å². The van der Waals surface area contributed by atoms with Crippen LogP contribution in [-0.4, -0.2) is 48.8 Å². The summed E-state index contributed by atoms with van der Waals surface area (Å²) in [4.78, 5) is 14.2. The molecule has 2 aliphatic rings. The number of rotatable bonds is 5. The van der Waals surface area contributed by atoms with E-state index in [-0.39, 0.29) is 18.4 Å². The van der Waals surface area contributed by atoms with Crippen LogP contribution >= 0.6 is 0 Å². The summed E-state index contributed by atoms with van der Waals surface area (Å²) in [5.41, 5.74) is 1.17. The van der Waals surface area contributed by atoms with Gasteiger partial charge in [-0.2, -0.15) is 0 Å². The van der Waals surface area contributed by atoms with E-state index in [1.54, 1.807) is 0 Å². The van der Waals surface area contributed by atoms with E-state index in [1.807, 2.05) is 23.1 Å². The molecule has 0 spiro atoms. The number of fused-ring (bicyclic) bond motifs is 1. The zero-order valence-electron chi connectivity index (χ0n) is 13.5. The summed E-state index contributed by atoms with van der Waals surface area (Å²) in [6, 6.07) is 6.00. The van der Waals surface area contributed by atoms with Crippen molar-refractivity contribution >= 4 is 5.91 Å². The first-order valence-electron chi connectivity index (χ1n) is 8.53. The second-order valence-corrected chi connectivity index (χ2v) is 6.36. The number of carbonyl (C=O) groups is 1. The molecule has 126 valence electrons. The number of piperidine rings is 1. The molecule has 1 atom stereocenters. The molecule has 1 unspecified atom stereocenters. The Labute approximate surface area is 137 Å². The number of amides is 1. The van der Waals surface area contributed by atoms with Crippen LogP contribution in [0.15, 0.2) is 18.2 Å². The fourth-order valence-electron chi connectivity index (χ4n) is 3.29. The summed E-state index contributed by atoms with van der Waals surface area (Å²) < 4.78 is 11.1. The lowest BCUT2D eigenvalue weighted by atomic mass is 9.98. The number of ether oxygens (including phenoxy) is 2. The van der Waals surface area contributed by atoms with Gasteiger partial charge in [0.05, 0.1) is 0 Å². The van der Waals surface area contributed by atoms with Gasteiger partial charge in [-0.3, -0.25) is 4.79 Å². The summed E-state index contributed by atoms with van der Waals surface area (Å²) >= 11 is 0. The summed E-state index contributed by atoms with van der Waals surface area (Å²) in [5.74, 6) is 2.08. The van der Waals surface area contributed by atoms with Crippen LogP contribution in [0.3, 0.4) is 0 Å². The molecule has 2 aliphatic heterocycles. The Balaban J connectivity index is 1.46. The van der Waals surface area contributed by atoms with Crippen LogP contribution in [-0.2, 0) is 11.2 Å². The number of aryl methyl sites for hydroxylation is 1. The monoisotopic (exact) mass is 319 g/mol. The van der Waals surface area contributed by atoms with Crippen LogP contribution in [0.25, 0.3) is 0 Å². The molecule has 1 aromatic rings. The zero-order chi connectivity index (χ0) is 16.1. The molecule has 1 fully saturated rings. The number of hydrogen-bond donors (Lipinski definition) is 1. The maximum absolute atomic E-state index is 12.3. The third-order valence-electron chi connectivity index (χ3n) is 4.59. The molecule has 5 nitrogen and oxygen atoms in total. The molecule has 1 saturated heterocycles. The van der Waals surface area contributed by atoms with E-state index in [2.05, 4.69) is 0 Å². The Hall–Kier alpha value is -1.75. The molecule has 0 bridgehead atoms. The maximum Gasteiger partial charge on any atom is 0.222 e. The van der Waals surface area contributed by atoms with Crippen LogP contribution in [0.2, 0.25) is 0 Å². The first kappa shape index (κ1) is 16.1. The Morgan fingerprint density at radius 3 is 2.91 bits per heavy atom. The molecule has 0 radical (unpaired) electrons. The van der Waals surface area contributed by atoms with Gasteiger partial charge in [-0.1, -0.05) is 6.07 Å². The van der Waals surface area contributed by atoms with E-state index in [1.165, 1.54) is 5.56 Å². The number of benzene rings is 1. The summed E-state index contributed by atoms with van der Waals surface area (Å²) in [6.07, 6.45) is 4.28. The minimum Gasteiger partial charge on any atom is -0.486 e. The SMILES string of the molecule is O=C(CCCc1ccc2c(c1)OCCO2)N1CCCC(CO)C1. The Morgan fingerprint density at radius 2 is 2.09 bits per heavy atom. The molecule has 5 heteroatoms. The number of carbonyl (C=O) groups excluding carboxylic acids is 1. The highest BCUT2D eigenvalue weighted by molar-refractivity contribution is 5.76. The van der Waals surface area contributed by atoms with E-state index < -0.39 is 0 Å². The van der Waals surface area contributed by atoms with Crippen molar-refractivity contribution in [2.24, 2.45) is 5.92 Å². The molecule has 0 aliphatic carbocycles. The highest BCUT2D eigenvalue weighted by Gasteiger charge is 2.22. The number of hydrogen-bond acceptors (Lipinski definition) is 4. The van der Waals surface area contributed by atoms with Crippen molar-refractivity contribution in [3.05, 3.63) is 23.8 Å². The molecule has 1 N–H and O–H groups in total. The van der Waals surface area contributed by atoms with Gasteiger partial charge >= 0.3 is 0 Å². The molecule has 3 rings (SSSR count). The van der Waals surface area contributed by atoms with Gasteiger partial charge in [0, 0.05) is 26.1 Å². The van der Waals surface area contributed by atoms with E-state index >= 15 is 0 Å². The van der Waals surface area contributed by atoms with Crippen LogP contribution in [0.5, 0.6) is 11.5 Å². The molecule has 1 amide bonds. The standard InChI is InChI=1S/C18H25NO4/c20-13-15-4-2-8-19(12-15)18(21)5-1-3-14-6-7-16-17(11-14)23-10-9-22-16/h6-7,11,15,20H,1-5,8-10,12-13H2. The number of aliphatic hydroxyl groups is 1. The summed E-state index contributed by atoms with van der Waals surface area (Å²) in [7, 11) is 0. The summed E-state index contributed by atoms with van der Waals surface area (Å²) in [6.45, 7) is 2.92. The predicted octanol–water partition coefficient (Wildman–Crippen LogP) is 2.01. The number of likely N-dealkylation sites (tertiary alicyclic amines) is 1. The van der Waals surface area contributed by atoms with E-state index in [9.17, 15) is 9.90 Å². The first-order valence-corrected chi connectivity index (χ1v) is 8.53. The van der Waals surface area contributed by atoms with Crippen LogP contribution in [0.4, 0.5) is 0 Å². The second-order valence-electron chi connectivity index (χ2n) is 6.36. The van der Waals surface area contributed by atoms with Crippen LogP contribution < -0.4 is 9.47 Å². The van der Waals surface area contributed by atoms with Gasteiger partial charge in [0.1, 0.15) is 13.2 Å². The van der Waals surface area contributed by atoms with Gasteiger partial charge in [-0.15, -0.1) is 0 Å². The van der Waals surface area contributed by atoms with E-state index in [0.29, 0.717) is 26.2 Å². The molecule has 0 aromatic heterocycles. The average molecular weight is 319 g/mol.